The number of Topliss-reactive ketones (excluding diaryl/α,β-unsaturated/α-hetero) is 1. The molecule has 2 aromatic rings. The van der Waals surface area contributed by atoms with Crippen LogP contribution in [0.5, 0.6) is 11.5 Å². The summed E-state index contributed by atoms with van der Waals surface area (Å²) in [5, 5.41) is 9.37. The largest absolute Gasteiger partial charge is 0.508 e. The zero-order valence-corrected chi connectivity index (χ0v) is 13.1. The molecule has 1 heterocycles. The number of hydrogen-bond donors (Lipinski definition) is 1. The fourth-order valence-corrected chi connectivity index (χ4v) is 2.20. The van der Waals surface area contributed by atoms with E-state index in [1.165, 1.54) is 12.1 Å². The number of hydrogen-bond acceptors (Lipinski definition) is 3. The molecular formula is C15H12O3Y. The number of ketones is 1. The average Bonchev–Trinajstić information content (AvgIpc) is 2.40. The molecule has 0 fully saturated rings. The van der Waals surface area contributed by atoms with Gasteiger partial charge < -0.3 is 9.84 Å². The van der Waals surface area contributed by atoms with E-state index >= 15 is 0 Å². The molecule has 3 nitrogen and oxygen atoms in total. The number of carbonyl (C=O) groups is 1. The Labute approximate surface area is 136 Å². The van der Waals surface area contributed by atoms with Crippen LogP contribution in [0.25, 0.3) is 0 Å². The van der Waals surface area contributed by atoms with Crippen molar-refractivity contribution in [2.75, 3.05) is 6.61 Å². The van der Waals surface area contributed by atoms with Gasteiger partial charge in [-0.2, -0.15) is 0 Å². The standard InChI is InChI=1S/C15H12O3.Y/c16-11-6-7-12-14(8-11)18-9-13(15(12)17)10-4-2-1-3-5-10;/h1-8,13,16H,9H2;. The molecule has 1 radical (unpaired) electrons. The van der Waals surface area contributed by atoms with E-state index < -0.39 is 0 Å². The summed E-state index contributed by atoms with van der Waals surface area (Å²) in [6.45, 7) is 0.319. The van der Waals surface area contributed by atoms with E-state index in [2.05, 4.69) is 0 Å². The number of aromatic hydroxyl groups is 1. The normalized spacial score (nSPS) is 17.1. The van der Waals surface area contributed by atoms with Gasteiger partial charge >= 0.3 is 0 Å². The minimum Gasteiger partial charge on any atom is -0.508 e. The van der Waals surface area contributed by atoms with Crippen molar-refractivity contribution in [3.63, 3.8) is 0 Å². The number of carbonyl (C=O) groups excluding carboxylic acids is 1. The van der Waals surface area contributed by atoms with Crippen LogP contribution in [0.4, 0.5) is 0 Å². The van der Waals surface area contributed by atoms with Crippen LogP contribution in [0.15, 0.2) is 48.5 Å². The van der Waals surface area contributed by atoms with Gasteiger partial charge in [0.15, 0.2) is 5.78 Å². The predicted molar refractivity (Wildman–Crippen MR) is 67.1 cm³/mol. The zero-order valence-electron chi connectivity index (χ0n) is 10.2. The third-order valence-electron chi connectivity index (χ3n) is 3.15. The molecule has 0 bridgehead atoms. The van der Waals surface area contributed by atoms with E-state index in [1.54, 1.807) is 6.07 Å². The molecule has 19 heavy (non-hydrogen) atoms. The van der Waals surface area contributed by atoms with Crippen molar-refractivity contribution in [1.82, 2.24) is 0 Å². The Kier molecular flexibility index (Phi) is 4.38. The Bertz CT molecular complexity index is 596. The predicted octanol–water partition coefficient (Wildman–Crippen LogP) is 2.75. The average molecular weight is 329 g/mol. The van der Waals surface area contributed by atoms with Crippen LogP contribution < -0.4 is 4.74 Å². The summed E-state index contributed by atoms with van der Waals surface area (Å²) in [5.74, 6) is 0.359. The summed E-state index contributed by atoms with van der Waals surface area (Å²) in [6, 6.07) is 14.2. The molecule has 1 N–H and O–H groups in total. The van der Waals surface area contributed by atoms with Crippen molar-refractivity contribution in [2.24, 2.45) is 0 Å². The van der Waals surface area contributed by atoms with Gasteiger partial charge in [-0.05, 0) is 17.7 Å². The molecule has 1 unspecified atom stereocenters. The van der Waals surface area contributed by atoms with E-state index in [0.717, 1.165) is 5.56 Å². The molecule has 0 aromatic heterocycles. The van der Waals surface area contributed by atoms with Gasteiger partial charge in [-0.15, -0.1) is 0 Å². The maximum Gasteiger partial charge on any atom is 0.177 e. The van der Waals surface area contributed by atoms with E-state index in [0.29, 0.717) is 17.9 Å². The van der Waals surface area contributed by atoms with Crippen molar-refractivity contribution in [1.29, 1.82) is 0 Å². The van der Waals surface area contributed by atoms with Crippen LogP contribution in [0.1, 0.15) is 21.8 Å². The fraction of sp³-hybridized carbons (Fsp3) is 0.133. The first-order chi connectivity index (χ1) is 8.75. The molecule has 3 rings (SSSR count). The number of benzene rings is 2. The second-order valence-electron chi connectivity index (χ2n) is 4.32. The number of ether oxygens (including phenoxy) is 1. The van der Waals surface area contributed by atoms with Crippen molar-refractivity contribution in [2.45, 2.75) is 5.92 Å². The van der Waals surface area contributed by atoms with E-state index in [-0.39, 0.29) is 50.2 Å². The number of fused-ring (bicyclic) bond motifs is 1. The van der Waals surface area contributed by atoms with Crippen LogP contribution >= 0.6 is 0 Å². The molecule has 0 spiro atoms. The van der Waals surface area contributed by atoms with Gasteiger partial charge in [0.1, 0.15) is 18.1 Å². The monoisotopic (exact) mass is 329 g/mol. The maximum atomic E-state index is 12.4. The van der Waals surface area contributed by atoms with Gasteiger partial charge in [0, 0.05) is 38.8 Å². The smallest absolute Gasteiger partial charge is 0.177 e. The third kappa shape index (κ3) is 2.72. The Morgan fingerprint density at radius 3 is 2.58 bits per heavy atom. The van der Waals surface area contributed by atoms with Gasteiger partial charge in [0.05, 0.1) is 11.5 Å². The molecule has 0 saturated heterocycles. The van der Waals surface area contributed by atoms with Crippen LogP contribution in [0.3, 0.4) is 0 Å². The fourth-order valence-electron chi connectivity index (χ4n) is 2.20. The van der Waals surface area contributed by atoms with Crippen LogP contribution in [-0.4, -0.2) is 17.5 Å². The van der Waals surface area contributed by atoms with Crippen molar-refractivity contribution >= 4 is 5.78 Å². The van der Waals surface area contributed by atoms with E-state index in [4.69, 9.17) is 4.74 Å². The van der Waals surface area contributed by atoms with Gasteiger partial charge in [0.2, 0.25) is 0 Å². The summed E-state index contributed by atoms with van der Waals surface area (Å²) in [7, 11) is 0. The minimum absolute atomic E-state index is 0. The van der Waals surface area contributed by atoms with Gasteiger partial charge in [-0.25, -0.2) is 0 Å². The summed E-state index contributed by atoms with van der Waals surface area (Å²) in [4.78, 5) is 12.4. The Balaban J connectivity index is 0.00000133. The van der Waals surface area contributed by atoms with Crippen LogP contribution in [0.2, 0.25) is 0 Å². The third-order valence-corrected chi connectivity index (χ3v) is 3.15. The summed E-state index contributed by atoms with van der Waals surface area (Å²) < 4.78 is 5.56. The van der Waals surface area contributed by atoms with Crippen molar-refractivity contribution in [3.05, 3.63) is 59.7 Å². The molecule has 93 valence electrons. The Hall–Kier alpha value is -1.19. The molecule has 0 aliphatic carbocycles. The number of phenolic OH excluding ortho intramolecular Hbond substituents is 1. The molecule has 1 aliphatic heterocycles. The first kappa shape index (κ1) is 14.2. The summed E-state index contributed by atoms with van der Waals surface area (Å²) >= 11 is 0. The Morgan fingerprint density at radius 1 is 1.11 bits per heavy atom. The minimum atomic E-state index is -0.261. The van der Waals surface area contributed by atoms with Crippen molar-refractivity contribution < 1.29 is 47.3 Å². The molecule has 0 saturated carbocycles. The molecular weight excluding hydrogens is 317 g/mol. The molecule has 4 heteroatoms. The summed E-state index contributed by atoms with van der Waals surface area (Å²) in [6.07, 6.45) is 0. The van der Waals surface area contributed by atoms with E-state index in [1.807, 2.05) is 30.3 Å². The van der Waals surface area contributed by atoms with Crippen LogP contribution in [-0.2, 0) is 32.7 Å². The number of phenols is 1. The number of rotatable bonds is 1. The summed E-state index contributed by atoms with van der Waals surface area (Å²) in [5.41, 5.74) is 1.49. The zero-order chi connectivity index (χ0) is 12.5. The van der Waals surface area contributed by atoms with Crippen LogP contribution in [0, 0.1) is 0 Å². The molecule has 1 atom stereocenters. The van der Waals surface area contributed by atoms with E-state index in [9.17, 15) is 9.90 Å². The second-order valence-corrected chi connectivity index (χ2v) is 4.32. The maximum absolute atomic E-state index is 12.4. The topological polar surface area (TPSA) is 46.5 Å². The van der Waals surface area contributed by atoms with Gasteiger partial charge in [0.25, 0.3) is 0 Å². The molecule has 1 aliphatic rings. The first-order valence-electron chi connectivity index (χ1n) is 5.80. The first-order valence-corrected chi connectivity index (χ1v) is 5.80. The Morgan fingerprint density at radius 2 is 1.84 bits per heavy atom. The van der Waals surface area contributed by atoms with Crippen molar-refractivity contribution in [3.8, 4) is 11.5 Å². The van der Waals surface area contributed by atoms with Gasteiger partial charge in [-0.3, -0.25) is 4.79 Å². The second kappa shape index (κ2) is 5.85. The van der Waals surface area contributed by atoms with Gasteiger partial charge in [-0.1, -0.05) is 30.3 Å². The SMILES string of the molecule is O=C1c2ccc(O)cc2OCC1c1ccccc1.[Y]. The molecule has 2 aromatic carbocycles. The molecule has 0 amide bonds. The quantitative estimate of drug-likeness (QED) is 0.875.